The molecule has 0 saturated heterocycles. The van der Waals surface area contributed by atoms with Crippen molar-refractivity contribution in [1.29, 1.82) is 0 Å². The van der Waals surface area contributed by atoms with Gasteiger partial charge in [0.15, 0.2) is 0 Å². The molecule has 0 bridgehead atoms. The topological polar surface area (TPSA) is 0 Å². The smallest absolute Gasteiger partial charge is 0.100 e. The highest BCUT2D eigenvalue weighted by atomic mass is 35.6. The lowest BCUT2D eigenvalue weighted by Gasteiger charge is -2.10. The summed E-state index contributed by atoms with van der Waals surface area (Å²) >= 11 is 29.3. The molecular weight excluding hydrogens is 305 g/mol. The molecular formula is C8H5Cl5S. The van der Waals surface area contributed by atoms with Crippen molar-refractivity contribution in [2.24, 2.45) is 0 Å². The molecule has 0 aromatic heterocycles. The van der Waals surface area contributed by atoms with E-state index >= 15 is 0 Å². The highest BCUT2D eigenvalue weighted by molar-refractivity contribution is 8.04. The minimum atomic E-state index is -1.34. The molecule has 78 valence electrons. The second-order valence-electron chi connectivity index (χ2n) is 2.42. The third-order valence-corrected chi connectivity index (χ3v) is 3.30. The molecule has 0 aliphatic carbocycles. The molecule has 0 atom stereocenters. The maximum atomic E-state index is 5.67. The van der Waals surface area contributed by atoms with Crippen LogP contribution in [0.3, 0.4) is 0 Å². The molecule has 0 heterocycles. The van der Waals surface area contributed by atoms with E-state index in [2.05, 4.69) is 0 Å². The molecule has 0 N–H and O–H groups in total. The molecule has 0 amide bonds. The van der Waals surface area contributed by atoms with Crippen LogP contribution in [0.2, 0.25) is 0 Å². The number of alkyl halides is 5. The first-order valence-corrected chi connectivity index (χ1v) is 6.34. The standard InChI is InChI=1S/C8H5Cl5S/c9-7(10)5-1-3-6(4-2-5)14-8(11,12)13/h1-4,7H. The van der Waals surface area contributed by atoms with Crippen molar-refractivity contribution in [3.05, 3.63) is 29.8 Å². The number of hydrogen-bond donors (Lipinski definition) is 0. The first-order valence-electron chi connectivity index (χ1n) is 3.52. The van der Waals surface area contributed by atoms with Gasteiger partial charge in [0, 0.05) is 4.90 Å². The zero-order valence-electron chi connectivity index (χ0n) is 6.68. The molecule has 1 rings (SSSR count). The number of rotatable bonds is 2. The molecule has 0 aliphatic heterocycles. The van der Waals surface area contributed by atoms with Gasteiger partial charge in [-0.3, -0.25) is 0 Å². The molecule has 0 radical (unpaired) electrons. The zero-order chi connectivity index (χ0) is 10.8. The van der Waals surface area contributed by atoms with E-state index in [1.807, 2.05) is 0 Å². The Morgan fingerprint density at radius 2 is 1.50 bits per heavy atom. The highest BCUT2D eigenvalue weighted by Gasteiger charge is 2.21. The van der Waals surface area contributed by atoms with Gasteiger partial charge in [-0.25, -0.2) is 0 Å². The molecule has 1 aromatic rings. The molecule has 0 nitrogen and oxygen atoms in total. The summed E-state index contributed by atoms with van der Waals surface area (Å²) < 4.78 is -1.34. The van der Waals surface area contributed by atoms with Crippen molar-refractivity contribution in [2.45, 2.75) is 12.9 Å². The average molecular weight is 310 g/mol. The van der Waals surface area contributed by atoms with Crippen molar-refractivity contribution in [3.8, 4) is 0 Å². The Kier molecular flexibility index (Phi) is 5.03. The van der Waals surface area contributed by atoms with Gasteiger partial charge in [-0.15, -0.1) is 23.2 Å². The van der Waals surface area contributed by atoms with Crippen LogP contribution in [0.25, 0.3) is 0 Å². The second-order valence-corrected chi connectivity index (χ2v) is 7.76. The molecule has 6 heteroatoms. The van der Waals surface area contributed by atoms with Crippen LogP contribution in [0.1, 0.15) is 10.4 Å². The lowest BCUT2D eigenvalue weighted by molar-refractivity contribution is 1.30. The van der Waals surface area contributed by atoms with E-state index in [1.165, 1.54) is 0 Å². The lowest BCUT2D eigenvalue weighted by Crippen LogP contribution is -1.93. The van der Waals surface area contributed by atoms with Gasteiger partial charge < -0.3 is 0 Å². The summed E-state index contributed by atoms with van der Waals surface area (Å²) in [5.74, 6) is 0. The van der Waals surface area contributed by atoms with Crippen LogP contribution in [0, 0.1) is 0 Å². The number of halogens is 5. The van der Waals surface area contributed by atoms with Crippen LogP contribution in [-0.2, 0) is 0 Å². The molecule has 0 aliphatic rings. The molecule has 0 spiro atoms. The Morgan fingerprint density at radius 3 is 1.86 bits per heavy atom. The van der Waals surface area contributed by atoms with E-state index in [9.17, 15) is 0 Å². The minimum absolute atomic E-state index is 0.526. The molecule has 14 heavy (non-hydrogen) atoms. The third kappa shape index (κ3) is 4.69. The van der Waals surface area contributed by atoms with Gasteiger partial charge >= 0.3 is 0 Å². The lowest BCUT2D eigenvalue weighted by atomic mass is 10.2. The third-order valence-electron chi connectivity index (χ3n) is 1.37. The van der Waals surface area contributed by atoms with Crippen LogP contribution >= 0.6 is 69.8 Å². The predicted molar refractivity (Wildman–Crippen MR) is 67.0 cm³/mol. The summed E-state index contributed by atoms with van der Waals surface area (Å²) in [4.78, 5) is 0.324. The van der Waals surface area contributed by atoms with Crippen LogP contribution < -0.4 is 0 Å². The molecule has 1 aromatic carbocycles. The minimum Gasteiger partial charge on any atom is -0.100 e. The number of thioether (sulfide) groups is 1. The number of hydrogen-bond acceptors (Lipinski definition) is 1. The maximum Gasteiger partial charge on any atom is 0.241 e. The van der Waals surface area contributed by atoms with Crippen molar-refractivity contribution in [1.82, 2.24) is 0 Å². The fourth-order valence-electron chi connectivity index (χ4n) is 0.815. The fraction of sp³-hybridized carbons (Fsp3) is 0.250. The maximum absolute atomic E-state index is 5.67. The molecule has 0 fully saturated rings. The van der Waals surface area contributed by atoms with Gasteiger partial charge in [-0.2, -0.15) is 0 Å². The van der Waals surface area contributed by atoms with Crippen LogP contribution in [0.15, 0.2) is 29.2 Å². The SMILES string of the molecule is ClC(Cl)c1ccc(SC(Cl)(Cl)Cl)cc1. The van der Waals surface area contributed by atoms with E-state index in [4.69, 9.17) is 58.0 Å². The van der Waals surface area contributed by atoms with Crippen molar-refractivity contribution in [2.75, 3.05) is 0 Å². The first-order chi connectivity index (χ1) is 6.38. The quantitative estimate of drug-likeness (QED) is 0.507. The van der Waals surface area contributed by atoms with Gasteiger partial charge in [-0.05, 0) is 17.7 Å². The summed E-state index contributed by atoms with van der Waals surface area (Å²) in [6, 6.07) is 7.20. The van der Waals surface area contributed by atoms with E-state index in [1.54, 1.807) is 24.3 Å². The normalized spacial score (nSPS) is 12.1. The molecule has 0 saturated carbocycles. The van der Waals surface area contributed by atoms with Gasteiger partial charge in [-0.1, -0.05) is 58.7 Å². The first kappa shape index (κ1) is 13.1. The Labute approximate surface area is 112 Å². The summed E-state index contributed by atoms with van der Waals surface area (Å²) in [6.07, 6.45) is 0. The summed E-state index contributed by atoms with van der Waals surface area (Å²) in [6.45, 7) is 0. The summed E-state index contributed by atoms with van der Waals surface area (Å²) in [5, 5.41) is 0. The summed E-state index contributed by atoms with van der Waals surface area (Å²) in [7, 11) is 0. The zero-order valence-corrected chi connectivity index (χ0v) is 11.3. The van der Waals surface area contributed by atoms with E-state index in [0.29, 0.717) is 0 Å². The van der Waals surface area contributed by atoms with Gasteiger partial charge in [0.1, 0.15) is 4.84 Å². The number of benzene rings is 1. The van der Waals surface area contributed by atoms with E-state index in [0.717, 1.165) is 22.2 Å². The van der Waals surface area contributed by atoms with Crippen LogP contribution in [-0.4, -0.2) is 3.12 Å². The summed E-state index contributed by atoms with van der Waals surface area (Å²) in [5.41, 5.74) is 0.821. The van der Waals surface area contributed by atoms with Gasteiger partial charge in [0.05, 0.1) is 0 Å². The van der Waals surface area contributed by atoms with Gasteiger partial charge in [0.2, 0.25) is 3.12 Å². The Hall–Kier alpha value is 1.02. The van der Waals surface area contributed by atoms with Crippen molar-refractivity contribution < 1.29 is 0 Å². The van der Waals surface area contributed by atoms with Crippen LogP contribution in [0.5, 0.6) is 0 Å². The fourth-order valence-corrected chi connectivity index (χ4v) is 2.45. The Balaban J connectivity index is 2.74. The Bertz CT molecular complexity index is 290. The second kappa shape index (κ2) is 5.38. The highest BCUT2D eigenvalue weighted by Crippen LogP contribution is 2.43. The van der Waals surface area contributed by atoms with Crippen molar-refractivity contribution in [3.63, 3.8) is 0 Å². The predicted octanol–water partition coefficient (Wildman–Crippen LogP) is 5.58. The Morgan fingerprint density at radius 1 is 1.00 bits per heavy atom. The van der Waals surface area contributed by atoms with Crippen molar-refractivity contribution >= 4 is 69.8 Å². The monoisotopic (exact) mass is 308 g/mol. The largest absolute Gasteiger partial charge is 0.241 e. The molecule has 0 unspecified atom stereocenters. The van der Waals surface area contributed by atoms with Gasteiger partial charge in [0.25, 0.3) is 0 Å². The van der Waals surface area contributed by atoms with Crippen LogP contribution in [0.4, 0.5) is 0 Å². The van der Waals surface area contributed by atoms with E-state index < -0.39 is 7.96 Å². The average Bonchev–Trinajstić information content (AvgIpc) is 2.02. The van der Waals surface area contributed by atoms with E-state index in [-0.39, 0.29) is 0 Å².